The fourth-order valence-corrected chi connectivity index (χ4v) is 1.16. The summed E-state index contributed by atoms with van der Waals surface area (Å²) >= 11 is 5.59. The fraction of sp³-hybridized carbons (Fsp3) is 0.111. The lowest BCUT2D eigenvalue weighted by Gasteiger charge is -2.15. The molecule has 0 atom stereocenters. The second-order valence-electron chi connectivity index (χ2n) is 2.77. The number of aliphatic carboxylic acids is 1. The van der Waals surface area contributed by atoms with Crippen molar-refractivity contribution in [3.63, 3.8) is 0 Å². The average Bonchev–Trinajstić information content (AvgIpc) is 2.19. The van der Waals surface area contributed by atoms with Gasteiger partial charge in [-0.1, -0.05) is 11.6 Å². The lowest BCUT2D eigenvalue weighted by atomic mass is 10.3. The average molecular weight is 232 g/mol. The second-order valence-corrected chi connectivity index (χ2v) is 3.20. The zero-order valence-corrected chi connectivity index (χ0v) is 8.45. The van der Waals surface area contributed by atoms with Crippen LogP contribution in [-0.4, -0.2) is 24.0 Å². The molecule has 0 aliphatic heterocycles. The van der Waals surface area contributed by atoms with Crippen LogP contribution in [-0.2, 0) is 9.59 Å². The van der Waals surface area contributed by atoms with E-state index in [0.717, 1.165) is 13.1 Å². The minimum Gasteiger partial charge on any atom is -0.474 e. The van der Waals surface area contributed by atoms with E-state index < -0.39 is 17.7 Å². The number of carbonyl (C=O) groups excluding carboxylic acids is 1. The maximum Gasteiger partial charge on any atom is 0.394 e. The molecule has 0 unspecified atom stereocenters. The molecule has 0 saturated heterocycles. The number of carboxylic acid groups (broad SMARTS) is 1. The Bertz CT molecular complexity index is 422. The Hall–Kier alpha value is -1.62. The van der Waals surface area contributed by atoms with Gasteiger partial charge < -0.3 is 10.0 Å². The van der Waals surface area contributed by atoms with Crippen LogP contribution in [0.15, 0.2) is 18.2 Å². The highest BCUT2D eigenvalue weighted by Gasteiger charge is 2.21. The molecular weight excluding hydrogens is 225 g/mol. The Kier molecular flexibility index (Phi) is 3.26. The van der Waals surface area contributed by atoms with E-state index in [1.807, 2.05) is 0 Å². The maximum atomic E-state index is 13.2. The third-order valence-electron chi connectivity index (χ3n) is 1.76. The van der Waals surface area contributed by atoms with Gasteiger partial charge in [0, 0.05) is 12.1 Å². The standard InChI is InChI=1S/C9H7ClFNO3/c1-12(8(13)9(14)15)7-4-5(10)2-3-6(7)11/h2-4H,1H3,(H,14,15). The van der Waals surface area contributed by atoms with Crippen LogP contribution in [0.5, 0.6) is 0 Å². The Morgan fingerprint density at radius 1 is 1.47 bits per heavy atom. The molecule has 80 valence electrons. The van der Waals surface area contributed by atoms with E-state index >= 15 is 0 Å². The van der Waals surface area contributed by atoms with Gasteiger partial charge in [-0.2, -0.15) is 0 Å². The highest BCUT2D eigenvalue weighted by molar-refractivity contribution is 6.37. The van der Waals surface area contributed by atoms with Crippen molar-refractivity contribution in [3.8, 4) is 0 Å². The monoisotopic (exact) mass is 231 g/mol. The first-order valence-corrected chi connectivity index (χ1v) is 4.27. The van der Waals surface area contributed by atoms with Gasteiger partial charge in [0.1, 0.15) is 5.82 Å². The van der Waals surface area contributed by atoms with E-state index in [9.17, 15) is 14.0 Å². The van der Waals surface area contributed by atoms with E-state index in [2.05, 4.69) is 0 Å². The van der Waals surface area contributed by atoms with Gasteiger partial charge in [-0.25, -0.2) is 9.18 Å². The van der Waals surface area contributed by atoms with Crippen LogP contribution in [0.3, 0.4) is 0 Å². The molecule has 0 aromatic heterocycles. The number of hydrogen-bond donors (Lipinski definition) is 1. The summed E-state index contributed by atoms with van der Waals surface area (Å²) in [7, 11) is 1.16. The van der Waals surface area contributed by atoms with Crippen molar-refractivity contribution in [1.82, 2.24) is 0 Å². The van der Waals surface area contributed by atoms with Gasteiger partial charge in [0.05, 0.1) is 5.69 Å². The Morgan fingerprint density at radius 2 is 2.07 bits per heavy atom. The van der Waals surface area contributed by atoms with Crippen LogP contribution in [0.4, 0.5) is 10.1 Å². The topological polar surface area (TPSA) is 57.6 Å². The van der Waals surface area contributed by atoms with Crippen molar-refractivity contribution in [3.05, 3.63) is 29.0 Å². The molecule has 1 amide bonds. The van der Waals surface area contributed by atoms with Crippen molar-refractivity contribution in [1.29, 1.82) is 0 Å². The van der Waals surface area contributed by atoms with E-state index in [4.69, 9.17) is 16.7 Å². The van der Waals surface area contributed by atoms with E-state index in [-0.39, 0.29) is 10.7 Å². The minimum absolute atomic E-state index is 0.171. The number of amides is 1. The van der Waals surface area contributed by atoms with Crippen molar-refractivity contribution in [2.24, 2.45) is 0 Å². The Labute approximate surface area is 89.9 Å². The van der Waals surface area contributed by atoms with Crippen molar-refractivity contribution in [2.45, 2.75) is 0 Å². The third-order valence-corrected chi connectivity index (χ3v) is 1.99. The SMILES string of the molecule is CN(C(=O)C(=O)O)c1cc(Cl)ccc1F. The molecule has 0 radical (unpaired) electrons. The molecule has 15 heavy (non-hydrogen) atoms. The first-order valence-electron chi connectivity index (χ1n) is 3.89. The molecule has 0 spiro atoms. The summed E-state index contributed by atoms with van der Waals surface area (Å²) in [5.41, 5.74) is -0.171. The zero-order valence-electron chi connectivity index (χ0n) is 7.70. The van der Waals surface area contributed by atoms with Crippen LogP contribution in [0.1, 0.15) is 0 Å². The molecule has 6 heteroatoms. The van der Waals surface area contributed by atoms with Crippen molar-refractivity contribution >= 4 is 29.2 Å². The number of carbonyl (C=O) groups is 2. The van der Waals surface area contributed by atoms with Crippen molar-refractivity contribution < 1.29 is 19.1 Å². The maximum absolute atomic E-state index is 13.2. The minimum atomic E-state index is -1.66. The van der Waals surface area contributed by atoms with E-state index in [0.29, 0.717) is 4.90 Å². The smallest absolute Gasteiger partial charge is 0.394 e. The summed E-state index contributed by atoms with van der Waals surface area (Å²) in [6.07, 6.45) is 0. The van der Waals surface area contributed by atoms with E-state index in [1.165, 1.54) is 12.1 Å². The quantitative estimate of drug-likeness (QED) is 0.746. The summed E-state index contributed by atoms with van der Waals surface area (Å²) in [5, 5.41) is 8.65. The lowest BCUT2D eigenvalue weighted by Crippen LogP contribution is -2.33. The van der Waals surface area contributed by atoms with Gasteiger partial charge in [0.15, 0.2) is 0 Å². The van der Waals surface area contributed by atoms with Gasteiger partial charge in [-0.3, -0.25) is 4.79 Å². The molecule has 1 aromatic carbocycles. The summed E-state index contributed by atoms with van der Waals surface area (Å²) in [4.78, 5) is 22.1. The molecular formula is C9H7ClFNO3. The highest BCUT2D eigenvalue weighted by atomic mass is 35.5. The van der Waals surface area contributed by atoms with Crippen molar-refractivity contribution in [2.75, 3.05) is 11.9 Å². The molecule has 0 heterocycles. The number of anilines is 1. The molecule has 4 nitrogen and oxygen atoms in total. The van der Waals surface area contributed by atoms with Gasteiger partial charge in [-0.15, -0.1) is 0 Å². The molecule has 0 aliphatic carbocycles. The molecule has 0 aliphatic rings. The first kappa shape index (κ1) is 11.5. The van der Waals surface area contributed by atoms with Crippen LogP contribution in [0.2, 0.25) is 5.02 Å². The number of rotatable bonds is 1. The normalized spacial score (nSPS) is 9.80. The van der Waals surface area contributed by atoms with Crippen LogP contribution in [0.25, 0.3) is 0 Å². The summed E-state index contributed by atoms with van der Waals surface area (Å²) < 4.78 is 13.2. The van der Waals surface area contributed by atoms with Gasteiger partial charge in [-0.05, 0) is 18.2 Å². The van der Waals surface area contributed by atoms with Gasteiger partial charge >= 0.3 is 11.9 Å². The number of benzene rings is 1. The lowest BCUT2D eigenvalue weighted by molar-refractivity contribution is -0.148. The predicted molar refractivity (Wildman–Crippen MR) is 52.5 cm³/mol. The Morgan fingerprint density at radius 3 is 2.60 bits per heavy atom. The van der Waals surface area contributed by atoms with Gasteiger partial charge in [0.2, 0.25) is 0 Å². The number of halogens is 2. The first-order chi connectivity index (χ1) is 6.93. The second kappa shape index (κ2) is 4.27. The Balaban J connectivity index is 3.10. The fourth-order valence-electron chi connectivity index (χ4n) is 0.996. The third kappa shape index (κ3) is 2.44. The molecule has 0 bridgehead atoms. The largest absolute Gasteiger partial charge is 0.474 e. The summed E-state index contributed by atoms with van der Waals surface area (Å²) in [5.74, 6) is -3.59. The molecule has 0 saturated carbocycles. The number of hydrogen-bond acceptors (Lipinski definition) is 2. The number of likely N-dealkylation sites (N-methyl/N-ethyl adjacent to an activating group) is 1. The highest BCUT2D eigenvalue weighted by Crippen LogP contribution is 2.22. The van der Waals surface area contributed by atoms with Crippen LogP contribution >= 0.6 is 11.6 Å². The molecule has 0 fully saturated rings. The summed E-state index contributed by atoms with van der Waals surface area (Å²) in [6, 6.07) is 3.54. The number of nitrogens with zero attached hydrogens (tertiary/aromatic N) is 1. The van der Waals surface area contributed by atoms with Crippen LogP contribution in [0, 0.1) is 5.82 Å². The zero-order chi connectivity index (χ0) is 11.6. The predicted octanol–water partition coefficient (Wildman–Crippen LogP) is 1.53. The molecule has 1 rings (SSSR count). The van der Waals surface area contributed by atoms with E-state index in [1.54, 1.807) is 0 Å². The van der Waals surface area contributed by atoms with Gasteiger partial charge in [0.25, 0.3) is 0 Å². The van der Waals surface area contributed by atoms with Crippen LogP contribution < -0.4 is 4.90 Å². The summed E-state index contributed by atoms with van der Waals surface area (Å²) in [6.45, 7) is 0. The molecule has 1 N–H and O–H groups in total. The molecule has 1 aromatic rings. The number of carboxylic acids is 1.